The molecule has 0 saturated carbocycles. The molecule has 1 aromatic carbocycles. The Morgan fingerprint density at radius 1 is 1.24 bits per heavy atom. The molecule has 7 heteroatoms. The van der Waals surface area contributed by atoms with Crippen LogP contribution in [0.25, 0.3) is 10.6 Å². The van der Waals surface area contributed by atoms with Crippen molar-refractivity contribution in [2.24, 2.45) is 5.92 Å². The third-order valence-electron chi connectivity index (χ3n) is 4.09. The molecule has 1 aromatic heterocycles. The number of benzene rings is 1. The molecular weight excluding hydrogens is 343 g/mol. The van der Waals surface area contributed by atoms with E-state index >= 15 is 0 Å². The highest BCUT2D eigenvalue weighted by Crippen LogP contribution is 2.24. The third kappa shape index (κ3) is 5.09. The summed E-state index contributed by atoms with van der Waals surface area (Å²) in [6.07, 6.45) is 1.37. The van der Waals surface area contributed by atoms with Crippen LogP contribution < -0.4 is 5.32 Å². The number of carbonyl (C=O) groups is 2. The van der Waals surface area contributed by atoms with Crippen LogP contribution in [0.15, 0.2) is 29.6 Å². The lowest BCUT2D eigenvalue weighted by Gasteiger charge is -2.22. The van der Waals surface area contributed by atoms with E-state index in [1.54, 1.807) is 17.5 Å². The van der Waals surface area contributed by atoms with E-state index < -0.39 is 12.0 Å². The van der Waals surface area contributed by atoms with Gasteiger partial charge in [-0.1, -0.05) is 26.7 Å². The first-order chi connectivity index (χ1) is 11.9. The number of carboxylic acids is 1. The number of nitrogens with one attached hydrogen (secondary N) is 1. The highest BCUT2D eigenvalue weighted by molar-refractivity contribution is 7.13. The van der Waals surface area contributed by atoms with Gasteiger partial charge in [-0.15, -0.1) is 11.3 Å². The van der Waals surface area contributed by atoms with Gasteiger partial charge in [-0.2, -0.15) is 0 Å². The molecule has 0 aliphatic heterocycles. The molecule has 0 radical (unpaired) electrons. The second kappa shape index (κ2) is 8.71. The van der Waals surface area contributed by atoms with E-state index in [-0.39, 0.29) is 24.1 Å². The molecule has 1 amide bonds. The Kier molecular flexibility index (Phi) is 6.64. The topological polar surface area (TPSA) is 79.3 Å². The summed E-state index contributed by atoms with van der Waals surface area (Å²) < 4.78 is 13.0. The number of aliphatic carboxylic acids is 1. The zero-order chi connectivity index (χ0) is 18.4. The maximum absolute atomic E-state index is 13.0. The minimum absolute atomic E-state index is 0.0155. The van der Waals surface area contributed by atoms with Crippen LogP contribution in [0.4, 0.5) is 4.39 Å². The summed E-state index contributed by atoms with van der Waals surface area (Å²) in [5.74, 6) is -1.81. The molecule has 25 heavy (non-hydrogen) atoms. The number of carbonyl (C=O) groups excluding carboxylic acids is 1. The van der Waals surface area contributed by atoms with E-state index in [9.17, 15) is 19.1 Å². The maximum atomic E-state index is 13.0. The van der Waals surface area contributed by atoms with Crippen molar-refractivity contribution in [1.82, 2.24) is 10.3 Å². The molecule has 2 N–H and O–H groups in total. The number of amides is 1. The van der Waals surface area contributed by atoms with E-state index in [0.717, 1.165) is 5.56 Å². The number of rotatable bonds is 8. The molecule has 5 nitrogen and oxygen atoms in total. The van der Waals surface area contributed by atoms with Gasteiger partial charge >= 0.3 is 5.97 Å². The smallest absolute Gasteiger partial charge is 0.326 e. The summed E-state index contributed by atoms with van der Waals surface area (Å²) >= 11 is 1.36. The lowest BCUT2D eigenvalue weighted by Crippen LogP contribution is -2.46. The number of hydrogen-bond acceptors (Lipinski definition) is 4. The molecule has 1 unspecified atom stereocenters. The van der Waals surface area contributed by atoms with Crippen LogP contribution in [0.1, 0.15) is 32.4 Å². The standard InChI is InChI=1S/C18H21FN2O3S/c1-3-11(4-2)16(18(23)24)21-15(22)9-14-10-25-17(20-14)12-5-7-13(19)8-6-12/h5-8,10-11,16H,3-4,9H2,1-2H3,(H,21,22)(H,23,24). The summed E-state index contributed by atoms with van der Waals surface area (Å²) in [5.41, 5.74) is 1.34. The molecule has 0 aliphatic carbocycles. The lowest BCUT2D eigenvalue weighted by atomic mass is 9.94. The van der Waals surface area contributed by atoms with Crippen LogP contribution in [0, 0.1) is 11.7 Å². The van der Waals surface area contributed by atoms with Crippen LogP contribution in [-0.2, 0) is 16.0 Å². The van der Waals surface area contributed by atoms with Crippen molar-refractivity contribution in [3.8, 4) is 10.6 Å². The van der Waals surface area contributed by atoms with Gasteiger partial charge in [0.25, 0.3) is 0 Å². The second-order valence-electron chi connectivity index (χ2n) is 5.79. The minimum atomic E-state index is -1.02. The lowest BCUT2D eigenvalue weighted by molar-refractivity contribution is -0.143. The number of carboxylic acid groups (broad SMARTS) is 1. The van der Waals surface area contributed by atoms with Crippen LogP contribution in [-0.4, -0.2) is 28.0 Å². The van der Waals surface area contributed by atoms with Gasteiger partial charge in [0.1, 0.15) is 16.9 Å². The Labute approximate surface area is 149 Å². The molecule has 0 spiro atoms. The highest BCUT2D eigenvalue weighted by atomic mass is 32.1. The molecule has 0 saturated heterocycles. The van der Waals surface area contributed by atoms with Gasteiger partial charge < -0.3 is 10.4 Å². The average Bonchev–Trinajstić information content (AvgIpc) is 3.03. The van der Waals surface area contributed by atoms with Crippen LogP contribution in [0.5, 0.6) is 0 Å². The van der Waals surface area contributed by atoms with Crippen molar-refractivity contribution in [2.75, 3.05) is 0 Å². The van der Waals surface area contributed by atoms with Crippen molar-refractivity contribution in [2.45, 2.75) is 39.2 Å². The van der Waals surface area contributed by atoms with Gasteiger partial charge in [-0.05, 0) is 30.2 Å². The van der Waals surface area contributed by atoms with E-state index in [1.807, 2.05) is 13.8 Å². The van der Waals surface area contributed by atoms with Gasteiger partial charge in [0.15, 0.2) is 0 Å². The molecule has 0 bridgehead atoms. The van der Waals surface area contributed by atoms with E-state index in [2.05, 4.69) is 10.3 Å². The van der Waals surface area contributed by atoms with Crippen LogP contribution >= 0.6 is 11.3 Å². The summed E-state index contributed by atoms with van der Waals surface area (Å²) in [5, 5.41) is 14.4. The minimum Gasteiger partial charge on any atom is -0.480 e. The SMILES string of the molecule is CCC(CC)C(NC(=O)Cc1csc(-c2ccc(F)cc2)n1)C(=O)O. The summed E-state index contributed by atoms with van der Waals surface area (Å²) in [6, 6.07) is 5.08. The quantitative estimate of drug-likeness (QED) is 0.751. The molecule has 0 aliphatic rings. The first kappa shape index (κ1) is 19.1. The van der Waals surface area contributed by atoms with Crippen molar-refractivity contribution in [3.63, 3.8) is 0 Å². The predicted octanol–water partition coefficient (Wildman–Crippen LogP) is 3.50. The van der Waals surface area contributed by atoms with Crippen molar-refractivity contribution >= 4 is 23.2 Å². The van der Waals surface area contributed by atoms with Gasteiger partial charge in [-0.3, -0.25) is 4.79 Å². The molecular formula is C18H21FN2O3S. The second-order valence-corrected chi connectivity index (χ2v) is 6.65. The van der Waals surface area contributed by atoms with Gasteiger partial charge in [-0.25, -0.2) is 14.2 Å². The summed E-state index contributed by atoms with van der Waals surface area (Å²) in [4.78, 5) is 28.0. The van der Waals surface area contributed by atoms with Crippen molar-refractivity contribution < 1.29 is 19.1 Å². The molecule has 1 heterocycles. The predicted molar refractivity (Wildman–Crippen MR) is 94.9 cm³/mol. The van der Waals surface area contributed by atoms with E-state index in [1.165, 1.54) is 23.5 Å². The zero-order valence-corrected chi connectivity index (χ0v) is 15.0. The number of halogens is 1. The zero-order valence-electron chi connectivity index (χ0n) is 14.2. The monoisotopic (exact) mass is 364 g/mol. The third-order valence-corrected chi connectivity index (χ3v) is 5.03. The van der Waals surface area contributed by atoms with Gasteiger partial charge in [0.2, 0.25) is 5.91 Å². The molecule has 0 fully saturated rings. The van der Waals surface area contributed by atoms with Crippen molar-refractivity contribution in [3.05, 3.63) is 41.2 Å². The fraction of sp³-hybridized carbons (Fsp3) is 0.389. The Bertz CT molecular complexity index is 726. The Morgan fingerprint density at radius 3 is 2.44 bits per heavy atom. The first-order valence-electron chi connectivity index (χ1n) is 8.17. The Hall–Kier alpha value is -2.28. The first-order valence-corrected chi connectivity index (χ1v) is 9.05. The largest absolute Gasteiger partial charge is 0.480 e. The number of thiazole rings is 1. The number of hydrogen-bond donors (Lipinski definition) is 2. The van der Waals surface area contributed by atoms with Gasteiger partial charge in [0.05, 0.1) is 12.1 Å². The maximum Gasteiger partial charge on any atom is 0.326 e. The van der Waals surface area contributed by atoms with Gasteiger partial charge in [0, 0.05) is 10.9 Å². The number of nitrogens with zero attached hydrogens (tertiary/aromatic N) is 1. The average molecular weight is 364 g/mol. The van der Waals surface area contributed by atoms with Crippen LogP contribution in [0.2, 0.25) is 0 Å². The molecule has 2 aromatic rings. The van der Waals surface area contributed by atoms with Crippen molar-refractivity contribution in [1.29, 1.82) is 0 Å². The molecule has 1 atom stereocenters. The Morgan fingerprint density at radius 2 is 1.88 bits per heavy atom. The summed E-state index contributed by atoms with van der Waals surface area (Å²) in [6.45, 7) is 3.82. The summed E-state index contributed by atoms with van der Waals surface area (Å²) in [7, 11) is 0. The molecule has 134 valence electrons. The Balaban J connectivity index is 2.03. The number of aromatic nitrogens is 1. The van der Waals surface area contributed by atoms with E-state index in [0.29, 0.717) is 23.5 Å². The fourth-order valence-corrected chi connectivity index (χ4v) is 3.47. The van der Waals surface area contributed by atoms with Crippen LogP contribution in [0.3, 0.4) is 0 Å². The molecule has 2 rings (SSSR count). The van der Waals surface area contributed by atoms with E-state index in [4.69, 9.17) is 0 Å². The normalized spacial score (nSPS) is 12.2. The highest BCUT2D eigenvalue weighted by Gasteiger charge is 2.27. The fourth-order valence-electron chi connectivity index (χ4n) is 2.64.